The van der Waals surface area contributed by atoms with E-state index in [1.54, 1.807) is 6.92 Å². The van der Waals surface area contributed by atoms with Crippen LogP contribution in [0.1, 0.15) is 27.6 Å². The van der Waals surface area contributed by atoms with Crippen LogP contribution in [0.25, 0.3) is 5.69 Å². The smallest absolute Gasteiger partial charge is 0.341 e. The largest absolute Gasteiger partial charge is 0.478 e. The van der Waals surface area contributed by atoms with E-state index in [-0.39, 0.29) is 17.7 Å². The minimum atomic E-state index is -1.11. The van der Waals surface area contributed by atoms with Crippen molar-refractivity contribution in [1.82, 2.24) is 14.8 Å². The molecule has 0 spiro atoms. The van der Waals surface area contributed by atoms with Crippen molar-refractivity contribution in [1.29, 1.82) is 0 Å². The monoisotopic (exact) mass is 261 g/mol. The predicted octanol–water partition coefficient (Wildman–Crippen LogP) is 1.14. The maximum absolute atomic E-state index is 11.5. The second kappa shape index (κ2) is 5.30. The molecule has 0 aliphatic heterocycles. The summed E-state index contributed by atoms with van der Waals surface area (Å²) in [4.78, 5) is 26.3. The molecule has 1 N–H and O–H groups in total. The topological polar surface area (TPSA) is 94.3 Å². The van der Waals surface area contributed by atoms with Crippen LogP contribution < -0.4 is 0 Å². The number of carboxylic acid groups (broad SMARTS) is 1. The summed E-state index contributed by atoms with van der Waals surface area (Å²) in [5, 5.41) is 13.0. The zero-order valence-electron chi connectivity index (χ0n) is 10.1. The van der Waals surface area contributed by atoms with Crippen LogP contribution >= 0.6 is 0 Å². The van der Waals surface area contributed by atoms with E-state index in [0.717, 1.165) is 0 Å². The second-order valence-electron chi connectivity index (χ2n) is 3.59. The zero-order valence-corrected chi connectivity index (χ0v) is 10.1. The number of carbonyl (C=O) groups excluding carboxylic acids is 1. The van der Waals surface area contributed by atoms with Gasteiger partial charge in [-0.05, 0) is 13.0 Å². The van der Waals surface area contributed by atoms with E-state index in [0.29, 0.717) is 5.69 Å². The molecular formula is C12H11N3O4. The maximum atomic E-state index is 11.5. The second-order valence-corrected chi connectivity index (χ2v) is 3.59. The molecule has 0 bridgehead atoms. The molecule has 2 heterocycles. The van der Waals surface area contributed by atoms with E-state index in [2.05, 4.69) is 10.1 Å². The lowest BCUT2D eigenvalue weighted by atomic mass is 10.2. The van der Waals surface area contributed by atoms with Gasteiger partial charge in [0.1, 0.15) is 5.56 Å². The molecule has 0 aliphatic carbocycles. The van der Waals surface area contributed by atoms with Crippen LogP contribution in [-0.4, -0.2) is 38.4 Å². The van der Waals surface area contributed by atoms with Gasteiger partial charge in [-0.1, -0.05) is 0 Å². The Bertz CT molecular complexity index is 621. The van der Waals surface area contributed by atoms with E-state index >= 15 is 0 Å². The number of aromatic carboxylic acids is 1. The summed E-state index contributed by atoms with van der Waals surface area (Å²) in [6.45, 7) is 1.97. The van der Waals surface area contributed by atoms with Gasteiger partial charge in [-0.15, -0.1) is 0 Å². The molecule has 0 aliphatic rings. The Labute approximate surface area is 108 Å². The van der Waals surface area contributed by atoms with E-state index in [9.17, 15) is 9.59 Å². The fraction of sp³-hybridized carbons (Fsp3) is 0.167. The van der Waals surface area contributed by atoms with Crippen molar-refractivity contribution in [2.75, 3.05) is 6.61 Å². The normalized spacial score (nSPS) is 10.2. The van der Waals surface area contributed by atoms with Crippen molar-refractivity contribution >= 4 is 11.9 Å². The van der Waals surface area contributed by atoms with Crippen molar-refractivity contribution in [3.8, 4) is 5.69 Å². The highest BCUT2D eigenvalue weighted by Crippen LogP contribution is 2.13. The molecule has 98 valence electrons. The first-order chi connectivity index (χ1) is 9.13. The van der Waals surface area contributed by atoms with Crippen molar-refractivity contribution in [2.45, 2.75) is 6.92 Å². The van der Waals surface area contributed by atoms with Crippen LogP contribution in [0.15, 0.2) is 30.9 Å². The van der Waals surface area contributed by atoms with Crippen molar-refractivity contribution < 1.29 is 19.4 Å². The average Bonchev–Trinajstić information content (AvgIpc) is 2.88. The third-order valence-electron chi connectivity index (χ3n) is 2.37. The summed E-state index contributed by atoms with van der Waals surface area (Å²) in [6, 6.07) is 1.51. The summed E-state index contributed by atoms with van der Waals surface area (Å²) in [7, 11) is 0. The molecule has 7 nitrogen and oxygen atoms in total. The lowest BCUT2D eigenvalue weighted by Crippen LogP contribution is -2.07. The lowest BCUT2D eigenvalue weighted by Gasteiger charge is -2.04. The van der Waals surface area contributed by atoms with Crippen LogP contribution in [0.4, 0.5) is 0 Å². The molecule has 0 saturated carbocycles. The van der Waals surface area contributed by atoms with Gasteiger partial charge in [-0.3, -0.25) is 4.98 Å². The Balaban J connectivity index is 2.38. The fourth-order valence-corrected chi connectivity index (χ4v) is 1.53. The van der Waals surface area contributed by atoms with Gasteiger partial charge in [-0.25, -0.2) is 14.3 Å². The average molecular weight is 261 g/mol. The number of ether oxygens (including phenoxy) is 1. The van der Waals surface area contributed by atoms with E-state index in [1.165, 1.54) is 35.5 Å². The summed E-state index contributed by atoms with van der Waals surface area (Å²) in [6.07, 6.45) is 5.42. The third-order valence-corrected chi connectivity index (χ3v) is 2.37. The minimum absolute atomic E-state index is 0.000934. The molecule has 0 fully saturated rings. The Hall–Kier alpha value is -2.70. The Morgan fingerprint density at radius 1 is 1.42 bits per heavy atom. The molecule has 0 atom stereocenters. The quantitative estimate of drug-likeness (QED) is 0.829. The van der Waals surface area contributed by atoms with Crippen LogP contribution in [0.5, 0.6) is 0 Å². The highest BCUT2D eigenvalue weighted by molar-refractivity contribution is 5.92. The first-order valence-electron chi connectivity index (χ1n) is 5.53. The summed E-state index contributed by atoms with van der Waals surface area (Å²) < 4.78 is 6.14. The molecule has 0 amide bonds. The maximum Gasteiger partial charge on any atom is 0.341 e. The van der Waals surface area contributed by atoms with E-state index in [4.69, 9.17) is 9.84 Å². The van der Waals surface area contributed by atoms with E-state index in [1.807, 2.05) is 0 Å². The van der Waals surface area contributed by atoms with Crippen LogP contribution in [0, 0.1) is 0 Å². The summed E-state index contributed by atoms with van der Waals surface area (Å²) in [5.74, 6) is -1.61. The lowest BCUT2D eigenvalue weighted by molar-refractivity contribution is 0.0526. The Kier molecular flexibility index (Phi) is 3.56. The number of hydrogen-bond donors (Lipinski definition) is 1. The Morgan fingerprint density at radius 3 is 2.89 bits per heavy atom. The van der Waals surface area contributed by atoms with Crippen molar-refractivity contribution in [3.05, 3.63) is 42.0 Å². The number of carboxylic acids is 1. The fourth-order valence-electron chi connectivity index (χ4n) is 1.53. The van der Waals surface area contributed by atoms with Gasteiger partial charge in [0, 0.05) is 18.6 Å². The molecule has 0 unspecified atom stereocenters. The highest BCUT2D eigenvalue weighted by Gasteiger charge is 2.15. The Morgan fingerprint density at radius 2 is 2.21 bits per heavy atom. The van der Waals surface area contributed by atoms with Gasteiger partial charge in [0.25, 0.3) is 0 Å². The molecule has 0 aromatic carbocycles. The van der Waals surface area contributed by atoms with Crippen LogP contribution in [0.2, 0.25) is 0 Å². The van der Waals surface area contributed by atoms with Gasteiger partial charge in [0.05, 0.1) is 24.1 Å². The molecule has 0 saturated heterocycles. The molecule has 19 heavy (non-hydrogen) atoms. The number of aromatic nitrogens is 3. The van der Waals surface area contributed by atoms with Gasteiger partial charge < -0.3 is 9.84 Å². The first kappa shape index (κ1) is 12.7. The number of nitrogens with zero attached hydrogens (tertiary/aromatic N) is 3. The molecule has 2 aromatic heterocycles. The molecule has 7 heteroatoms. The zero-order chi connectivity index (χ0) is 13.8. The third kappa shape index (κ3) is 2.59. The summed E-state index contributed by atoms with van der Waals surface area (Å²) in [5.41, 5.74) is 0.592. The van der Waals surface area contributed by atoms with Crippen LogP contribution in [0.3, 0.4) is 0 Å². The number of esters is 1. The number of hydrogen-bond acceptors (Lipinski definition) is 5. The van der Waals surface area contributed by atoms with Gasteiger partial charge in [0.2, 0.25) is 0 Å². The first-order valence-corrected chi connectivity index (χ1v) is 5.53. The van der Waals surface area contributed by atoms with Gasteiger partial charge in [-0.2, -0.15) is 5.10 Å². The standard InChI is InChI=1S/C12H11N3O4/c1-2-19-12(18)8-5-14-15(7-8)10-3-4-13-6-9(10)11(16)17/h3-7H,2H2,1H3,(H,16,17). The SMILES string of the molecule is CCOC(=O)c1cnn(-c2ccncc2C(=O)O)c1. The minimum Gasteiger partial charge on any atom is -0.478 e. The van der Waals surface area contributed by atoms with Crippen molar-refractivity contribution in [2.24, 2.45) is 0 Å². The van der Waals surface area contributed by atoms with Gasteiger partial charge >= 0.3 is 11.9 Å². The molecule has 0 radical (unpaired) electrons. The molecule has 2 aromatic rings. The van der Waals surface area contributed by atoms with Crippen molar-refractivity contribution in [3.63, 3.8) is 0 Å². The van der Waals surface area contributed by atoms with Gasteiger partial charge in [0.15, 0.2) is 0 Å². The predicted molar refractivity (Wildman–Crippen MR) is 64.3 cm³/mol. The van der Waals surface area contributed by atoms with Crippen LogP contribution in [-0.2, 0) is 4.74 Å². The molecular weight excluding hydrogens is 250 g/mol. The number of rotatable bonds is 4. The molecule has 2 rings (SSSR count). The summed E-state index contributed by atoms with van der Waals surface area (Å²) >= 11 is 0. The van der Waals surface area contributed by atoms with E-state index < -0.39 is 11.9 Å². The number of pyridine rings is 1. The highest BCUT2D eigenvalue weighted by atomic mass is 16.5. The number of carbonyl (C=O) groups is 2.